The standard InChI is InChI=1S/C10H7BrN2O2/c11-8-3-1-7(2-4-8)9-5-12-6-13(9)10(14)15/h1-6H,(H,14,15). The van der Waals surface area contributed by atoms with E-state index in [1.165, 1.54) is 12.5 Å². The quantitative estimate of drug-likeness (QED) is 0.864. The molecule has 0 spiro atoms. The van der Waals surface area contributed by atoms with Gasteiger partial charge in [-0.1, -0.05) is 28.1 Å². The highest BCUT2D eigenvalue weighted by molar-refractivity contribution is 9.10. The van der Waals surface area contributed by atoms with Crippen LogP contribution in [0.15, 0.2) is 41.3 Å². The molecule has 0 radical (unpaired) electrons. The van der Waals surface area contributed by atoms with E-state index in [-0.39, 0.29) is 0 Å². The van der Waals surface area contributed by atoms with E-state index in [1.54, 1.807) is 0 Å². The molecule has 76 valence electrons. The molecule has 0 saturated carbocycles. The van der Waals surface area contributed by atoms with Gasteiger partial charge in [0, 0.05) is 10.0 Å². The lowest BCUT2D eigenvalue weighted by Gasteiger charge is -2.02. The molecule has 4 nitrogen and oxygen atoms in total. The second-order valence-corrected chi connectivity index (χ2v) is 3.85. The van der Waals surface area contributed by atoms with E-state index in [1.807, 2.05) is 24.3 Å². The number of hydrogen-bond donors (Lipinski definition) is 1. The summed E-state index contributed by atoms with van der Waals surface area (Å²) in [7, 11) is 0. The van der Waals surface area contributed by atoms with Crippen molar-refractivity contribution in [1.82, 2.24) is 9.55 Å². The van der Waals surface area contributed by atoms with Gasteiger partial charge in [-0.25, -0.2) is 14.3 Å². The average Bonchev–Trinajstić information content (AvgIpc) is 2.67. The van der Waals surface area contributed by atoms with Gasteiger partial charge in [-0.3, -0.25) is 0 Å². The molecule has 5 heteroatoms. The summed E-state index contributed by atoms with van der Waals surface area (Å²) >= 11 is 3.32. The molecule has 1 aromatic heterocycles. The Morgan fingerprint density at radius 1 is 1.33 bits per heavy atom. The Labute approximate surface area is 94.3 Å². The number of imidazole rings is 1. The molecule has 0 aliphatic carbocycles. The summed E-state index contributed by atoms with van der Waals surface area (Å²) in [6.45, 7) is 0. The molecule has 0 amide bonds. The highest BCUT2D eigenvalue weighted by Gasteiger charge is 2.09. The van der Waals surface area contributed by atoms with Crippen molar-refractivity contribution in [3.63, 3.8) is 0 Å². The van der Waals surface area contributed by atoms with Crippen LogP contribution in [0.25, 0.3) is 11.3 Å². The molecule has 0 fully saturated rings. The molecule has 1 aromatic carbocycles. The van der Waals surface area contributed by atoms with Crippen molar-refractivity contribution >= 4 is 22.0 Å². The third-order valence-electron chi connectivity index (χ3n) is 1.98. The molecular weight excluding hydrogens is 260 g/mol. The first-order valence-corrected chi connectivity index (χ1v) is 4.99. The van der Waals surface area contributed by atoms with Gasteiger partial charge in [0.1, 0.15) is 6.33 Å². The summed E-state index contributed by atoms with van der Waals surface area (Å²) in [5.41, 5.74) is 1.38. The van der Waals surface area contributed by atoms with Crippen LogP contribution in [0.2, 0.25) is 0 Å². The maximum absolute atomic E-state index is 10.8. The molecule has 0 atom stereocenters. The monoisotopic (exact) mass is 266 g/mol. The number of halogens is 1. The van der Waals surface area contributed by atoms with Gasteiger partial charge in [0.05, 0.1) is 11.9 Å². The van der Waals surface area contributed by atoms with Crippen LogP contribution in [0, 0.1) is 0 Å². The molecule has 15 heavy (non-hydrogen) atoms. The Hall–Kier alpha value is -1.62. The summed E-state index contributed by atoms with van der Waals surface area (Å²) < 4.78 is 2.04. The van der Waals surface area contributed by atoms with Gasteiger partial charge >= 0.3 is 6.09 Å². The fourth-order valence-corrected chi connectivity index (χ4v) is 1.55. The zero-order valence-electron chi connectivity index (χ0n) is 7.59. The van der Waals surface area contributed by atoms with Crippen LogP contribution in [-0.2, 0) is 0 Å². The number of hydrogen-bond acceptors (Lipinski definition) is 2. The van der Waals surface area contributed by atoms with Gasteiger partial charge in [-0.05, 0) is 12.1 Å². The number of benzene rings is 1. The SMILES string of the molecule is O=C(O)n1cncc1-c1ccc(Br)cc1. The molecule has 0 aliphatic heterocycles. The highest BCUT2D eigenvalue weighted by Crippen LogP contribution is 2.21. The second kappa shape index (κ2) is 3.86. The van der Waals surface area contributed by atoms with Crippen molar-refractivity contribution in [2.75, 3.05) is 0 Å². The minimum Gasteiger partial charge on any atom is -0.464 e. The third-order valence-corrected chi connectivity index (χ3v) is 2.51. The summed E-state index contributed by atoms with van der Waals surface area (Å²) in [5, 5.41) is 8.88. The first-order chi connectivity index (χ1) is 7.18. The van der Waals surface area contributed by atoms with Crippen molar-refractivity contribution in [2.24, 2.45) is 0 Å². The Kier molecular flexibility index (Phi) is 2.55. The number of rotatable bonds is 1. The third kappa shape index (κ3) is 1.92. The molecule has 1 N–H and O–H groups in total. The van der Waals surface area contributed by atoms with Gasteiger partial charge in [0.15, 0.2) is 0 Å². The van der Waals surface area contributed by atoms with E-state index in [9.17, 15) is 4.79 Å². The maximum Gasteiger partial charge on any atom is 0.417 e. The second-order valence-electron chi connectivity index (χ2n) is 2.94. The number of carboxylic acid groups (broad SMARTS) is 1. The molecule has 0 saturated heterocycles. The first kappa shape index (κ1) is 9.92. The number of carbonyl (C=O) groups is 1. The maximum atomic E-state index is 10.8. The van der Waals surface area contributed by atoms with E-state index in [2.05, 4.69) is 20.9 Å². The molecular formula is C10H7BrN2O2. The summed E-state index contributed by atoms with van der Waals surface area (Å²) in [4.78, 5) is 14.6. The van der Waals surface area contributed by atoms with Gasteiger partial charge in [0.2, 0.25) is 0 Å². The van der Waals surface area contributed by atoms with E-state index < -0.39 is 6.09 Å². The minimum atomic E-state index is -1.04. The largest absolute Gasteiger partial charge is 0.464 e. The van der Waals surface area contributed by atoms with E-state index in [0.717, 1.165) is 14.6 Å². The molecule has 0 aliphatic rings. The van der Waals surface area contributed by atoms with Crippen LogP contribution in [-0.4, -0.2) is 20.8 Å². The van der Waals surface area contributed by atoms with Crippen LogP contribution in [0.4, 0.5) is 4.79 Å². The van der Waals surface area contributed by atoms with Gasteiger partial charge in [-0.15, -0.1) is 0 Å². The van der Waals surface area contributed by atoms with Crippen molar-refractivity contribution in [1.29, 1.82) is 0 Å². The first-order valence-electron chi connectivity index (χ1n) is 4.20. The van der Waals surface area contributed by atoms with E-state index >= 15 is 0 Å². The van der Waals surface area contributed by atoms with E-state index in [0.29, 0.717) is 5.69 Å². The van der Waals surface area contributed by atoms with Gasteiger partial charge in [0.25, 0.3) is 0 Å². The lowest BCUT2D eigenvalue weighted by atomic mass is 10.2. The predicted molar refractivity (Wildman–Crippen MR) is 58.8 cm³/mol. The van der Waals surface area contributed by atoms with Crippen LogP contribution in [0.3, 0.4) is 0 Å². The van der Waals surface area contributed by atoms with Crippen LogP contribution < -0.4 is 0 Å². The molecule has 0 unspecified atom stereocenters. The van der Waals surface area contributed by atoms with Crippen molar-refractivity contribution in [2.45, 2.75) is 0 Å². The summed E-state index contributed by atoms with van der Waals surface area (Å²) in [6, 6.07) is 7.38. The van der Waals surface area contributed by atoms with Crippen LogP contribution >= 0.6 is 15.9 Å². The summed E-state index contributed by atoms with van der Waals surface area (Å²) in [5.74, 6) is 0. The molecule has 2 aromatic rings. The fraction of sp³-hybridized carbons (Fsp3) is 0. The fourth-order valence-electron chi connectivity index (χ4n) is 1.28. The molecule has 0 bridgehead atoms. The van der Waals surface area contributed by atoms with Crippen LogP contribution in [0.1, 0.15) is 0 Å². The number of nitrogens with zero attached hydrogens (tertiary/aromatic N) is 2. The lowest BCUT2D eigenvalue weighted by Crippen LogP contribution is -2.07. The topological polar surface area (TPSA) is 55.1 Å². The number of aromatic nitrogens is 2. The molecule has 1 heterocycles. The smallest absolute Gasteiger partial charge is 0.417 e. The van der Waals surface area contributed by atoms with Crippen molar-refractivity contribution in [3.05, 3.63) is 41.3 Å². The van der Waals surface area contributed by atoms with Crippen LogP contribution in [0.5, 0.6) is 0 Å². The van der Waals surface area contributed by atoms with Crippen molar-refractivity contribution < 1.29 is 9.90 Å². The minimum absolute atomic E-state index is 0.565. The molecule has 2 rings (SSSR count). The Morgan fingerprint density at radius 2 is 2.00 bits per heavy atom. The van der Waals surface area contributed by atoms with E-state index in [4.69, 9.17) is 5.11 Å². The Balaban J connectivity index is 2.49. The lowest BCUT2D eigenvalue weighted by molar-refractivity contribution is 0.196. The normalized spacial score (nSPS) is 10.2. The Morgan fingerprint density at radius 3 is 2.60 bits per heavy atom. The van der Waals surface area contributed by atoms with Gasteiger partial charge in [-0.2, -0.15) is 0 Å². The average molecular weight is 267 g/mol. The summed E-state index contributed by atoms with van der Waals surface area (Å²) in [6.07, 6.45) is 1.77. The van der Waals surface area contributed by atoms with Crippen molar-refractivity contribution in [3.8, 4) is 11.3 Å². The highest BCUT2D eigenvalue weighted by atomic mass is 79.9. The Bertz CT molecular complexity index is 490. The zero-order chi connectivity index (χ0) is 10.8. The van der Waals surface area contributed by atoms with Gasteiger partial charge < -0.3 is 5.11 Å². The predicted octanol–water partition coefficient (Wildman–Crippen LogP) is 2.84. The zero-order valence-corrected chi connectivity index (χ0v) is 9.18.